The van der Waals surface area contributed by atoms with Gasteiger partial charge in [-0.3, -0.25) is 0 Å². The highest BCUT2D eigenvalue weighted by molar-refractivity contribution is 5.15. The molecule has 1 aromatic rings. The van der Waals surface area contributed by atoms with Crippen molar-refractivity contribution >= 4 is 0 Å². The van der Waals surface area contributed by atoms with Gasteiger partial charge in [0.15, 0.2) is 0 Å². The Morgan fingerprint density at radius 2 is 2.23 bits per heavy atom. The van der Waals surface area contributed by atoms with Gasteiger partial charge in [0, 0.05) is 6.04 Å². The second-order valence-electron chi connectivity index (χ2n) is 2.79. The van der Waals surface area contributed by atoms with E-state index in [4.69, 9.17) is 13.3 Å². The second-order valence-corrected chi connectivity index (χ2v) is 2.79. The lowest BCUT2D eigenvalue weighted by atomic mass is 10.1. The molecule has 0 saturated heterocycles. The van der Waals surface area contributed by atoms with Crippen LogP contribution in [-0.4, -0.2) is 12.6 Å². The summed E-state index contributed by atoms with van der Waals surface area (Å²) in [5.74, 6) is 2.44. The van der Waals surface area contributed by atoms with Crippen LogP contribution in [0.15, 0.2) is 30.2 Å². The lowest BCUT2D eigenvalue weighted by Crippen LogP contribution is -2.28. The summed E-state index contributed by atoms with van der Waals surface area (Å²) in [5, 5.41) is 3.02. The van der Waals surface area contributed by atoms with Gasteiger partial charge in [-0.15, -0.1) is 6.42 Å². The van der Waals surface area contributed by atoms with E-state index in [0.717, 1.165) is 0 Å². The Bertz CT molecular complexity index is 463. The van der Waals surface area contributed by atoms with Crippen LogP contribution >= 0.6 is 0 Å². The first-order chi connectivity index (χ1) is 8.40. The molecule has 1 N–H and O–H groups in total. The minimum absolute atomic E-state index is 0.0513. The summed E-state index contributed by atoms with van der Waals surface area (Å²) in [4.78, 5) is 0. The van der Waals surface area contributed by atoms with Crippen LogP contribution in [0.25, 0.3) is 0 Å². The van der Waals surface area contributed by atoms with Crippen molar-refractivity contribution < 1.29 is 6.85 Å². The smallest absolute Gasteiger partial charge is 0.0626 e. The molecule has 1 rings (SSSR count). The fourth-order valence-electron chi connectivity index (χ4n) is 0.989. The van der Waals surface area contributed by atoms with E-state index in [-0.39, 0.29) is 36.3 Å². The van der Waals surface area contributed by atoms with Crippen molar-refractivity contribution in [3.63, 3.8) is 0 Å². The Kier molecular flexibility index (Phi) is 2.01. The summed E-state index contributed by atoms with van der Waals surface area (Å²) < 4.78 is 38.1. The number of nitrogens with one attached hydrogen (secondary N) is 1. The zero-order valence-electron chi connectivity index (χ0n) is 12.6. The van der Waals surface area contributed by atoms with Crippen LogP contribution in [0.2, 0.25) is 0 Å². The zero-order chi connectivity index (χ0) is 13.9. The van der Waals surface area contributed by atoms with E-state index in [0.29, 0.717) is 18.5 Å². The molecule has 13 heavy (non-hydrogen) atoms. The Morgan fingerprint density at radius 3 is 2.85 bits per heavy atom. The van der Waals surface area contributed by atoms with Crippen LogP contribution in [0.3, 0.4) is 0 Å². The molecule has 1 unspecified atom stereocenters. The molecule has 0 spiro atoms. The van der Waals surface area contributed by atoms with Gasteiger partial charge in [-0.1, -0.05) is 36.1 Å². The highest BCUT2D eigenvalue weighted by Gasteiger charge is 2.00. The molecule has 0 aliphatic carbocycles. The van der Waals surface area contributed by atoms with Crippen molar-refractivity contribution in [1.82, 2.24) is 5.32 Å². The molecule has 0 amide bonds. The molecule has 1 aromatic carbocycles. The van der Waals surface area contributed by atoms with Gasteiger partial charge in [-0.25, -0.2) is 0 Å². The van der Waals surface area contributed by atoms with Crippen molar-refractivity contribution in [2.75, 3.05) is 6.54 Å². The van der Waals surface area contributed by atoms with Crippen molar-refractivity contribution in [3.8, 4) is 12.3 Å². The monoisotopic (exact) mass is 178 g/mol. The van der Waals surface area contributed by atoms with Gasteiger partial charge in [0.2, 0.25) is 0 Å². The summed E-state index contributed by atoms with van der Waals surface area (Å²) >= 11 is 0. The van der Waals surface area contributed by atoms with E-state index >= 15 is 0 Å². The summed E-state index contributed by atoms with van der Waals surface area (Å²) in [6, 6.07) is -1.29. The topological polar surface area (TPSA) is 12.0 Å². The molecule has 0 saturated carbocycles. The minimum atomic E-state index is -0.363. The van der Waals surface area contributed by atoms with E-state index in [9.17, 15) is 0 Å². The molecule has 0 aliphatic rings. The van der Waals surface area contributed by atoms with Crippen molar-refractivity contribution in [1.29, 1.82) is 0 Å². The Labute approximate surface area is 87.2 Å². The van der Waals surface area contributed by atoms with Gasteiger partial charge < -0.3 is 5.32 Å². The van der Waals surface area contributed by atoms with Crippen molar-refractivity contribution in [2.24, 2.45) is 0 Å². The number of hydrogen-bond acceptors (Lipinski definition) is 1. The molecule has 0 bridgehead atoms. The Morgan fingerprint density at radius 1 is 1.54 bits per heavy atom. The normalized spacial score (nSPS) is 17.4. The minimum Gasteiger partial charge on any atom is -0.303 e. The molecule has 1 heteroatoms. The molecule has 0 aromatic heterocycles. The van der Waals surface area contributed by atoms with Gasteiger partial charge >= 0.3 is 0 Å². The van der Waals surface area contributed by atoms with Crippen molar-refractivity contribution in [2.45, 2.75) is 19.4 Å². The maximum atomic E-state index is 7.77. The highest BCUT2D eigenvalue weighted by atomic mass is 14.9. The number of benzene rings is 1. The van der Waals surface area contributed by atoms with Crippen LogP contribution in [0.4, 0.5) is 0 Å². The standard InChI is InChI=1S/C12H15N/c1-3-9-13-11(2)10-12-7-5-4-6-8-12/h1,4-8,11,13H,9-10H2,2H3/i4D,5D,6D,7D,8D. The zero-order valence-corrected chi connectivity index (χ0v) is 7.57. The first-order valence-corrected chi connectivity index (χ1v) is 4.12. The molecule has 0 aliphatic heterocycles. The van der Waals surface area contributed by atoms with Crippen molar-refractivity contribution in [3.05, 3.63) is 35.8 Å². The van der Waals surface area contributed by atoms with E-state index in [1.165, 1.54) is 0 Å². The number of rotatable bonds is 4. The summed E-state index contributed by atoms with van der Waals surface area (Å²) in [7, 11) is 0. The van der Waals surface area contributed by atoms with Crippen LogP contribution in [0, 0.1) is 12.3 Å². The average Bonchev–Trinajstić information content (AvgIpc) is 2.36. The predicted octanol–water partition coefficient (Wildman–Crippen LogP) is 1.84. The third-order valence-corrected chi connectivity index (χ3v) is 1.61. The fourth-order valence-corrected chi connectivity index (χ4v) is 0.989. The lowest BCUT2D eigenvalue weighted by molar-refractivity contribution is 0.585. The predicted molar refractivity (Wildman–Crippen MR) is 56.4 cm³/mol. The molecule has 0 fully saturated rings. The molecule has 1 nitrogen and oxygen atoms in total. The van der Waals surface area contributed by atoms with Gasteiger partial charge in [0.25, 0.3) is 0 Å². The van der Waals surface area contributed by atoms with Gasteiger partial charge in [-0.2, -0.15) is 0 Å². The maximum absolute atomic E-state index is 7.77. The van der Waals surface area contributed by atoms with E-state index in [1.807, 2.05) is 6.92 Å². The van der Waals surface area contributed by atoms with Gasteiger partial charge in [-0.05, 0) is 18.9 Å². The Hall–Kier alpha value is -1.26. The second kappa shape index (κ2) is 5.40. The van der Waals surface area contributed by atoms with Crippen LogP contribution < -0.4 is 5.32 Å². The third-order valence-electron chi connectivity index (χ3n) is 1.61. The van der Waals surface area contributed by atoms with Crippen LogP contribution in [0.5, 0.6) is 0 Å². The molecule has 0 heterocycles. The lowest BCUT2D eigenvalue weighted by Gasteiger charge is -2.11. The summed E-state index contributed by atoms with van der Waals surface area (Å²) in [6.45, 7) is 2.25. The summed E-state index contributed by atoms with van der Waals surface area (Å²) in [5.41, 5.74) is 0.318. The quantitative estimate of drug-likeness (QED) is 0.694. The SMILES string of the molecule is [2H]c1c([2H])c([2H])c(CC(C)NCC#C)c([2H])c1[2H]. The highest BCUT2D eigenvalue weighted by Crippen LogP contribution is 2.01. The number of terminal acetylenes is 1. The van der Waals surface area contributed by atoms with Crippen LogP contribution in [-0.2, 0) is 6.42 Å². The van der Waals surface area contributed by atoms with E-state index < -0.39 is 0 Å². The summed E-state index contributed by atoms with van der Waals surface area (Å²) in [6.07, 6.45) is 5.47. The van der Waals surface area contributed by atoms with Gasteiger partial charge in [0.1, 0.15) is 0 Å². The fraction of sp³-hybridized carbons (Fsp3) is 0.333. The van der Waals surface area contributed by atoms with E-state index in [2.05, 4.69) is 11.2 Å². The first kappa shape index (κ1) is 4.83. The molecule has 68 valence electrons. The number of hydrogen-bond donors (Lipinski definition) is 1. The van der Waals surface area contributed by atoms with Gasteiger partial charge in [0.05, 0.1) is 13.4 Å². The molecular formula is C12H15N. The molecule has 1 atom stereocenters. The maximum Gasteiger partial charge on any atom is 0.0626 e. The average molecular weight is 178 g/mol. The molecule has 0 radical (unpaired) electrons. The van der Waals surface area contributed by atoms with Crippen LogP contribution in [0.1, 0.15) is 19.3 Å². The largest absolute Gasteiger partial charge is 0.303 e. The molecular weight excluding hydrogens is 158 g/mol. The first-order valence-electron chi connectivity index (χ1n) is 6.62. The van der Waals surface area contributed by atoms with E-state index in [1.54, 1.807) is 0 Å². The third kappa shape index (κ3) is 3.78. The Balaban J connectivity index is 3.07.